The molecule has 2 aromatic heterocycles. The lowest BCUT2D eigenvalue weighted by Gasteiger charge is -2.13. The molecule has 0 radical (unpaired) electrons. The molecular formula is C18H17N3O2S. The molecule has 0 N–H and O–H groups in total. The third kappa shape index (κ3) is 2.38. The molecule has 1 atom stereocenters. The summed E-state index contributed by atoms with van der Waals surface area (Å²) in [4.78, 5) is 27.5. The number of carbonyl (C=O) groups is 1. The number of aromatic nitrogens is 3. The summed E-state index contributed by atoms with van der Waals surface area (Å²) in [5.74, 6) is -0.129. The van der Waals surface area contributed by atoms with Gasteiger partial charge in [-0.15, -0.1) is 16.4 Å². The molecule has 2 heterocycles. The maximum absolute atomic E-state index is 13.0. The highest BCUT2D eigenvalue weighted by Crippen LogP contribution is 2.33. The Morgan fingerprint density at radius 1 is 1.21 bits per heavy atom. The van der Waals surface area contributed by atoms with Crippen molar-refractivity contribution in [2.24, 2.45) is 0 Å². The molecule has 0 saturated heterocycles. The van der Waals surface area contributed by atoms with Crippen molar-refractivity contribution in [1.82, 2.24) is 15.0 Å². The Kier molecular flexibility index (Phi) is 3.76. The van der Waals surface area contributed by atoms with E-state index in [1.807, 2.05) is 18.2 Å². The van der Waals surface area contributed by atoms with Crippen LogP contribution in [0, 0.1) is 0 Å². The molecule has 1 aliphatic carbocycles. The van der Waals surface area contributed by atoms with Gasteiger partial charge < -0.3 is 0 Å². The normalized spacial score (nSPS) is 15.2. The summed E-state index contributed by atoms with van der Waals surface area (Å²) in [6.45, 7) is 1.70. The summed E-state index contributed by atoms with van der Waals surface area (Å²) in [5.41, 5.74) is 1.50. The van der Waals surface area contributed by atoms with Crippen LogP contribution in [0.5, 0.6) is 0 Å². The van der Waals surface area contributed by atoms with Crippen molar-refractivity contribution in [3.05, 3.63) is 56.7 Å². The second-order valence-corrected chi connectivity index (χ2v) is 7.22. The number of carbonyl (C=O) groups excluding carboxylic acids is 1. The minimum atomic E-state index is -0.670. The summed E-state index contributed by atoms with van der Waals surface area (Å²) in [6, 6.07) is 8.32. The first-order chi connectivity index (χ1) is 11.7. The predicted octanol–water partition coefficient (Wildman–Crippen LogP) is 3.18. The number of hydrogen-bond acceptors (Lipinski definition) is 5. The van der Waals surface area contributed by atoms with Crippen LogP contribution in [0.25, 0.3) is 10.2 Å². The van der Waals surface area contributed by atoms with Crippen LogP contribution in [0.2, 0.25) is 0 Å². The third-order valence-corrected chi connectivity index (χ3v) is 5.79. The Hall–Kier alpha value is -2.34. The molecule has 0 spiro atoms. The van der Waals surface area contributed by atoms with Gasteiger partial charge in [-0.1, -0.05) is 35.5 Å². The van der Waals surface area contributed by atoms with Crippen molar-refractivity contribution >= 4 is 27.3 Å². The minimum Gasteiger partial charge on any atom is -0.292 e. The highest BCUT2D eigenvalue weighted by Gasteiger charge is 2.24. The van der Waals surface area contributed by atoms with E-state index in [0.717, 1.165) is 31.2 Å². The first-order valence-corrected chi connectivity index (χ1v) is 8.97. The van der Waals surface area contributed by atoms with Crippen LogP contribution in [-0.4, -0.2) is 20.8 Å². The number of rotatable bonds is 3. The molecular weight excluding hydrogens is 322 g/mol. The molecule has 1 aromatic carbocycles. The molecule has 1 unspecified atom stereocenters. The number of fused-ring (bicyclic) bond motifs is 3. The maximum atomic E-state index is 13.0. The van der Waals surface area contributed by atoms with Crippen LogP contribution in [0.4, 0.5) is 0 Å². The summed E-state index contributed by atoms with van der Waals surface area (Å²) >= 11 is 1.57. The largest absolute Gasteiger partial charge is 0.292 e. The summed E-state index contributed by atoms with van der Waals surface area (Å²) < 4.78 is 1.24. The smallest absolute Gasteiger partial charge is 0.279 e. The van der Waals surface area contributed by atoms with Gasteiger partial charge in [0.15, 0.2) is 10.6 Å². The zero-order valence-corrected chi connectivity index (χ0v) is 14.2. The minimum absolute atomic E-state index is 0.129. The highest BCUT2D eigenvalue weighted by atomic mass is 32.1. The molecule has 24 heavy (non-hydrogen) atoms. The number of aryl methyl sites for hydroxylation is 2. The molecule has 122 valence electrons. The van der Waals surface area contributed by atoms with E-state index in [0.29, 0.717) is 15.8 Å². The van der Waals surface area contributed by atoms with E-state index in [9.17, 15) is 9.59 Å². The van der Waals surface area contributed by atoms with Crippen molar-refractivity contribution in [3.8, 4) is 0 Å². The lowest BCUT2D eigenvalue weighted by Crippen LogP contribution is -2.31. The van der Waals surface area contributed by atoms with Gasteiger partial charge in [-0.2, -0.15) is 4.68 Å². The fraction of sp³-hybridized carbons (Fsp3) is 0.333. The third-order valence-electron chi connectivity index (χ3n) is 4.61. The lowest BCUT2D eigenvalue weighted by molar-refractivity contribution is 0.0923. The fourth-order valence-corrected chi connectivity index (χ4v) is 4.49. The fourth-order valence-electron chi connectivity index (χ4n) is 3.29. The topological polar surface area (TPSA) is 64.8 Å². The Balaban J connectivity index is 1.81. The molecule has 0 aliphatic heterocycles. The van der Waals surface area contributed by atoms with Crippen molar-refractivity contribution in [1.29, 1.82) is 0 Å². The van der Waals surface area contributed by atoms with Crippen molar-refractivity contribution in [2.45, 2.75) is 38.6 Å². The molecule has 0 saturated carbocycles. The molecule has 4 rings (SSSR count). The van der Waals surface area contributed by atoms with Gasteiger partial charge >= 0.3 is 0 Å². The molecule has 1 aliphatic rings. The Morgan fingerprint density at radius 3 is 2.75 bits per heavy atom. The Bertz CT molecular complexity index is 975. The van der Waals surface area contributed by atoms with Gasteiger partial charge in [0.1, 0.15) is 6.04 Å². The Morgan fingerprint density at radius 2 is 1.96 bits per heavy atom. The van der Waals surface area contributed by atoms with Gasteiger partial charge in [-0.05, 0) is 38.2 Å². The van der Waals surface area contributed by atoms with Crippen molar-refractivity contribution in [3.63, 3.8) is 0 Å². The van der Waals surface area contributed by atoms with E-state index in [2.05, 4.69) is 10.3 Å². The zero-order valence-electron chi connectivity index (χ0n) is 13.4. The zero-order chi connectivity index (χ0) is 16.7. The molecule has 3 aromatic rings. The average molecular weight is 339 g/mol. The van der Waals surface area contributed by atoms with Gasteiger partial charge in [0, 0.05) is 10.4 Å². The Labute approximate surface area is 142 Å². The lowest BCUT2D eigenvalue weighted by atomic mass is 9.97. The SMILES string of the molecule is CC(C(=O)c1ccccc1)n1nnc2sc3c(c2c1=O)CCCC3. The number of hydrogen-bond donors (Lipinski definition) is 0. The van der Waals surface area contributed by atoms with Gasteiger partial charge in [-0.3, -0.25) is 9.59 Å². The van der Waals surface area contributed by atoms with Crippen LogP contribution < -0.4 is 5.56 Å². The number of benzene rings is 1. The van der Waals surface area contributed by atoms with Crippen LogP contribution >= 0.6 is 11.3 Å². The number of ketones is 1. The van der Waals surface area contributed by atoms with Crippen LogP contribution in [0.3, 0.4) is 0 Å². The predicted molar refractivity (Wildman–Crippen MR) is 93.8 cm³/mol. The van der Waals surface area contributed by atoms with E-state index < -0.39 is 6.04 Å². The number of Topliss-reactive ketones (excluding diaryl/α,β-unsaturated/α-hetero) is 1. The van der Waals surface area contributed by atoms with E-state index >= 15 is 0 Å². The van der Waals surface area contributed by atoms with Gasteiger partial charge in [-0.25, -0.2) is 0 Å². The maximum Gasteiger partial charge on any atom is 0.279 e. The average Bonchev–Trinajstić information content (AvgIpc) is 3.01. The quantitative estimate of drug-likeness (QED) is 0.688. The molecule has 6 heteroatoms. The molecule has 0 bridgehead atoms. The van der Waals surface area contributed by atoms with E-state index in [4.69, 9.17) is 0 Å². The molecule has 5 nitrogen and oxygen atoms in total. The monoisotopic (exact) mass is 339 g/mol. The second-order valence-electron chi connectivity index (χ2n) is 6.14. The van der Waals surface area contributed by atoms with E-state index in [1.165, 1.54) is 9.56 Å². The standard InChI is InChI=1S/C18H17N3O2S/c1-11(16(22)12-7-3-2-4-8-12)21-18(23)15-13-9-5-6-10-14(13)24-17(15)19-20-21/h2-4,7-8,11H,5-6,9-10H2,1H3. The number of thiophene rings is 1. The highest BCUT2D eigenvalue weighted by molar-refractivity contribution is 7.18. The number of nitrogens with zero attached hydrogens (tertiary/aromatic N) is 3. The van der Waals surface area contributed by atoms with Crippen LogP contribution in [0.1, 0.15) is 46.6 Å². The van der Waals surface area contributed by atoms with Gasteiger partial charge in [0.2, 0.25) is 0 Å². The summed E-state index contributed by atoms with van der Waals surface area (Å²) in [7, 11) is 0. The first-order valence-electron chi connectivity index (χ1n) is 8.16. The first kappa shape index (κ1) is 15.2. The van der Waals surface area contributed by atoms with Gasteiger partial charge in [0.05, 0.1) is 5.39 Å². The second kappa shape index (κ2) is 5.94. The van der Waals surface area contributed by atoms with E-state index in [-0.39, 0.29) is 11.3 Å². The van der Waals surface area contributed by atoms with Crippen LogP contribution in [0.15, 0.2) is 35.1 Å². The van der Waals surface area contributed by atoms with Crippen molar-refractivity contribution in [2.75, 3.05) is 0 Å². The van der Waals surface area contributed by atoms with Crippen molar-refractivity contribution < 1.29 is 4.79 Å². The summed E-state index contributed by atoms with van der Waals surface area (Å²) in [6.07, 6.45) is 4.18. The van der Waals surface area contributed by atoms with Gasteiger partial charge in [0.25, 0.3) is 5.56 Å². The summed E-state index contributed by atoms with van der Waals surface area (Å²) in [5, 5.41) is 8.93. The van der Waals surface area contributed by atoms with E-state index in [1.54, 1.807) is 30.4 Å². The van der Waals surface area contributed by atoms with Crippen LogP contribution in [-0.2, 0) is 12.8 Å². The molecule has 0 fully saturated rings. The molecule has 0 amide bonds.